The highest BCUT2D eigenvalue weighted by molar-refractivity contribution is 5.95. The van der Waals surface area contributed by atoms with Gasteiger partial charge in [-0.1, -0.05) is 18.2 Å². The second kappa shape index (κ2) is 10.9. The normalized spacial score (nSPS) is 10.1. The number of nitrogens with one attached hydrogen (secondary N) is 2. The van der Waals surface area contributed by atoms with E-state index in [9.17, 15) is 9.59 Å². The lowest BCUT2D eigenvalue weighted by molar-refractivity contribution is -0.121. The summed E-state index contributed by atoms with van der Waals surface area (Å²) in [5.41, 5.74) is 1.53. The number of hydrogen-bond donors (Lipinski definition) is 2. The molecule has 144 valence electrons. The van der Waals surface area contributed by atoms with Crippen molar-refractivity contribution in [1.82, 2.24) is 10.6 Å². The maximum absolute atomic E-state index is 12.1. The first-order valence-corrected chi connectivity index (χ1v) is 9.06. The molecule has 0 atom stereocenters. The van der Waals surface area contributed by atoms with E-state index >= 15 is 0 Å². The maximum atomic E-state index is 12.1. The Morgan fingerprint density at radius 2 is 1.56 bits per heavy atom. The van der Waals surface area contributed by atoms with E-state index in [2.05, 4.69) is 10.6 Å². The average Bonchev–Trinajstić information content (AvgIpc) is 2.67. The number of amides is 2. The number of carbonyl (C=O) groups excluding carboxylic acids is 2. The lowest BCUT2D eigenvalue weighted by Crippen LogP contribution is -2.32. The molecule has 0 unspecified atom stereocenters. The van der Waals surface area contributed by atoms with Gasteiger partial charge in [-0.05, 0) is 49.7 Å². The van der Waals surface area contributed by atoms with Crippen molar-refractivity contribution in [3.8, 4) is 11.5 Å². The van der Waals surface area contributed by atoms with E-state index in [0.29, 0.717) is 31.9 Å². The molecule has 0 aliphatic heterocycles. The van der Waals surface area contributed by atoms with Crippen LogP contribution in [0.4, 0.5) is 0 Å². The number of hydrogen-bond acceptors (Lipinski definition) is 4. The van der Waals surface area contributed by atoms with Gasteiger partial charge in [-0.2, -0.15) is 0 Å². The Labute approximate surface area is 159 Å². The summed E-state index contributed by atoms with van der Waals surface area (Å²) in [7, 11) is 0. The molecule has 2 aromatic rings. The van der Waals surface area contributed by atoms with Crippen LogP contribution in [0.15, 0.2) is 48.5 Å². The zero-order chi connectivity index (χ0) is 19.5. The van der Waals surface area contributed by atoms with Crippen LogP contribution in [0.5, 0.6) is 11.5 Å². The van der Waals surface area contributed by atoms with Crippen LogP contribution in [0, 0.1) is 6.92 Å². The number of benzene rings is 2. The summed E-state index contributed by atoms with van der Waals surface area (Å²) >= 11 is 0. The van der Waals surface area contributed by atoms with E-state index in [1.807, 2.05) is 56.3 Å². The Hall–Kier alpha value is -3.02. The summed E-state index contributed by atoms with van der Waals surface area (Å²) in [5, 5.41) is 5.53. The molecule has 0 saturated heterocycles. The highest BCUT2D eigenvalue weighted by Crippen LogP contribution is 2.17. The average molecular weight is 370 g/mol. The van der Waals surface area contributed by atoms with Crippen LogP contribution in [-0.4, -0.2) is 38.1 Å². The fourth-order valence-corrected chi connectivity index (χ4v) is 2.46. The molecule has 0 aliphatic rings. The van der Waals surface area contributed by atoms with Crippen LogP contribution in [0.3, 0.4) is 0 Å². The minimum absolute atomic E-state index is 0.129. The maximum Gasteiger partial charge on any atom is 0.251 e. The Bertz CT molecular complexity index is 744. The van der Waals surface area contributed by atoms with E-state index in [1.165, 1.54) is 0 Å². The molecule has 0 spiro atoms. The molecule has 0 heterocycles. The third kappa shape index (κ3) is 7.01. The molecule has 0 saturated carbocycles. The zero-order valence-corrected chi connectivity index (χ0v) is 15.8. The Balaban J connectivity index is 1.59. The Morgan fingerprint density at radius 3 is 2.22 bits per heavy atom. The monoisotopic (exact) mass is 370 g/mol. The van der Waals surface area contributed by atoms with Gasteiger partial charge in [0.05, 0.1) is 13.2 Å². The highest BCUT2D eigenvalue weighted by atomic mass is 16.5. The minimum atomic E-state index is -0.167. The van der Waals surface area contributed by atoms with E-state index in [0.717, 1.165) is 17.1 Å². The van der Waals surface area contributed by atoms with E-state index in [1.54, 1.807) is 6.07 Å². The van der Waals surface area contributed by atoms with Gasteiger partial charge in [0.2, 0.25) is 5.91 Å². The van der Waals surface area contributed by atoms with Crippen molar-refractivity contribution in [3.63, 3.8) is 0 Å². The van der Waals surface area contributed by atoms with Crippen LogP contribution in [0.25, 0.3) is 0 Å². The zero-order valence-electron chi connectivity index (χ0n) is 15.8. The number of carbonyl (C=O) groups is 2. The number of rotatable bonds is 10. The summed E-state index contributed by atoms with van der Waals surface area (Å²) in [4.78, 5) is 23.9. The van der Waals surface area contributed by atoms with Crippen molar-refractivity contribution < 1.29 is 19.1 Å². The molecule has 2 rings (SSSR count). The Kier molecular flexibility index (Phi) is 8.16. The molecule has 0 bridgehead atoms. The lowest BCUT2D eigenvalue weighted by atomic mass is 10.1. The molecule has 0 aliphatic carbocycles. The predicted octanol–water partition coefficient (Wildman–Crippen LogP) is 2.71. The van der Waals surface area contributed by atoms with Crippen LogP contribution in [0.1, 0.15) is 29.3 Å². The van der Waals surface area contributed by atoms with Crippen molar-refractivity contribution in [1.29, 1.82) is 0 Å². The van der Waals surface area contributed by atoms with Crippen molar-refractivity contribution in [2.45, 2.75) is 20.3 Å². The molecule has 0 aromatic heterocycles. The van der Waals surface area contributed by atoms with Gasteiger partial charge in [0.25, 0.3) is 5.91 Å². The molecule has 0 radical (unpaired) electrons. The first-order valence-electron chi connectivity index (χ1n) is 9.06. The summed E-state index contributed by atoms with van der Waals surface area (Å²) in [6.07, 6.45) is 0.223. The minimum Gasteiger partial charge on any atom is -0.494 e. The first kappa shape index (κ1) is 20.3. The molecular weight excluding hydrogens is 344 g/mol. The smallest absolute Gasteiger partial charge is 0.251 e. The number of ether oxygens (including phenoxy) is 2. The quantitative estimate of drug-likeness (QED) is 0.631. The largest absolute Gasteiger partial charge is 0.494 e. The summed E-state index contributed by atoms with van der Waals surface area (Å²) < 4.78 is 10.9. The lowest BCUT2D eigenvalue weighted by Gasteiger charge is -2.10. The third-order valence-electron chi connectivity index (χ3n) is 3.86. The molecular formula is C21H26N2O4. The third-order valence-corrected chi connectivity index (χ3v) is 3.86. The summed E-state index contributed by atoms with van der Waals surface area (Å²) in [6, 6.07) is 14.7. The van der Waals surface area contributed by atoms with Crippen molar-refractivity contribution in [2.75, 3.05) is 26.3 Å². The molecule has 2 aromatic carbocycles. The van der Waals surface area contributed by atoms with Crippen molar-refractivity contribution in [2.24, 2.45) is 0 Å². The molecule has 0 fully saturated rings. The molecule has 2 N–H and O–H groups in total. The van der Waals surface area contributed by atoms with Gasteiger partial charge in [-0.3, -0.25) is 9.59 Å². The molecule has 2 amide bonds. The van der Waals surface area contributed by atoms with E-state index < -0.39 is 0 Å². The molecule has 27 heavy (non-hydrogen) atoms. The van der Waals surface area contributed by atoms with Gasteiger partial charge in [0, 0.05) is 18.5 Å². The fourth-order valence-electron chi connectivity index (χ4n) is 2.46. The van der Waals surface area contributed by atoms with Crippen molar-refractivity contribution in [3.05, 3.63) is 59.7 Å². The van der Waals surface area contributed by atoms with Crippen LogP contribution >= 0.6 is 0 Å². The van der Waals surface area contributed by atoms with E-state index in [-0.39, 0.29) is 18.2 Å². The van der Waals surface area contributed by atoms with Gasteiger partial charge in [-0.15, -0.1) is 0 Å². The van der Waals surface area contributed by atoms with Crippen LogP contribution in [0.2, 0.25) is 0 Å². The van der Waals surface area contributed by atoms with Crippen molar-refractivity contribution >= 4 is 11.8 Å². The first-order chi connectivity index (χ1) is 13.1. The molecule has 6 nitrogen and oxygen atoms in total. The van der Waals surface area contributed by atoms with Gasteiger partial charge in [0.1, 0.15) is 18.1 Å². The SMILES string of the molecule is CCOc1ccc(OCCNC(=O)CCNC(=O)c2ccccc2C)cc1. The summed E-state index contributed by atoms with van der Waals surface area (Å²) in [6.45, 7) is 5.50. The predicted molar refractivity (Wildman–Crippen MR) is 104 cm³/mol. The summed E-state index contributed by atoms with van der Waals surface area (Å²) in [5.74, 6) is 1.22. The standard InChI is InChI=1S/C21H26N2O4/c1-3-26-17-8-10-18(11-9-17)27-15-14-22-20(24)12-13-23-21(25)19-7-5-4-6-16(19)2/h4-11H,3,12-15H2,1-2H3,(H,22,24)(H,23,25). The molecule has 6 heteroatoms. The Morgan fingerprint density at radius 1 is 0.889 bits per heavy atom. The topological polar surface area (TPSA) is 76.7 Å². The second-order valence-corrected chi connectivity index (χ2v) is 5.92. The van der Waals surface area contributed by atoms with Gasteiger partial charge in [-0.25, -0.2) is 0 Å². The second-order valence-electron chi connectivity index (χ2n) is 5.92. The van der Waals surface area contributed by atoms with E-state index in [4.69, 9.17) is 9.47 Å². The fraction of sp³-hybridized carbons (Fsp3) is 0.333. The highest BCUT2D eigenvalue weighted by Gasteiger charge is 2.08. The van der Waals surface area contributed by atoms with Gasteiger partial charge >= 0.3 is 0 Å². The van der Waals surface area contributed by atoms with Gasteiger partial charge in [0.15, 0.2) is 0 Å². The van der Waals surface area contributed by atoms with Crippen LogP contribution in [-0.2, 0) is 4.79 Å². The van der Waals surface area contributed by atoms with Crippen LogP contribution < -0.4 is 20.1 Å². The number of aryl methyl sites for hydroxylation is 1. The van der Waals surface area contributed by atoms with Gasteiger partial charge < -0.3 is 20.1 Å².